The zero-order valence-electron chi connectivity index (χ0n) is 17.3. The van der Waals surface area contributed by atoms with Crippen LogP contribution in [0, 0.1) is 5.92 Å². The Morgan fingerprint density at radius 2 is 1.80 bits per heavy atom. The molecule has 1 unspecified atom stereocenters. The molecule has 2 aromatic rings. The molecule has 1 fully saturated rings. The first-order valence-corrected chi connectivity index (χ1v) is 9.58. The number of hydrogen-bond acceptors (Lipinski definition) is 7. The van der Waals surface area contributed by atoms with Crippen molar-refractivity contribution in [1.29, 1.82) is 0 Å². The average molecular weight is 414 g/mol. The predicted molar refractivity (Wildman–Crippen MR) is 112 cm³/mol. The number of aromatic nitrogens is 1. The number of pyridine rings is 1. The number of anilines is 2. The van der Waals surface area contributed by atoms with Gasteiger partial charge in [0.05, 0.1) is 44.7 Å². The summed E-state index contributed by atoms with van der Waals surface area (Å²) in [7, 11) is 4.49. The van der Waals surface area contributed by atoms with Gasteiger partial charge in [-0.05, 0) is 25.0 Å². The van der Waals surface area contributed by atoms with E-state index in [2.05, 4.69) is 10.3 Å². The first-order chi connectivity index (χ1) is 14.5. The highest BCUT2D eigenvalue weighted by Crippen LogP contribution is 2.35. The molecule has 1 aliphatic heterocycles. The fraction of sp³-hybridized carbons (Fsp3) is 0.381. The lowest BCUT2D eigenvalue weighted by molar-refractivity contribution is -0.122. The number of carbonyl (C=O) groups is 2. The second-order valence-electron chi connectivity index (χ2n) is 6.95. The minimum Gasteiger partial charge on any atom is -0.496 e. The first-order valence-electron chi connectivity index (χ1n) is 9.58. The van der Waals surface area contributed by atoms with Crippen molar-refractivity contribution in [1.82, 2.24) is 4.98 Å². The number of carbonyl (C=O) groups excluding carboxylic acids is 2. The van der Waals surface area contributed by atoms with Crippen molar-refractivity contribution in [2.45, 2.75) is 12.8 Å². The van der Waals surface area contributed by atoms with Crippen LogP contribution in [-0.4, -0.2) is 51.2 Å². The standard InChI is InChI=1S/C21H26N4O5/c1-28-16-10-18(30-3)17(29-2)9-15(16)21(27)24-14-6-7-19(23-11-14)25-8-4-5-13(12-25)20(22)26/h6-7,9-11,13H,4-5,8,12H2,1-3H3,(H2,22,26)(H,24,27). The van der Waals surface area contributed by atoms with Crippen molar-refractivity contribution >= 4 is 23.3 Å². The monoisotopic (exact) mass is 414 g/mol. The zero-order valence-corrected chi connectivity index (χ0v) is 17.3. The number of benzene rings is 1. The van der Waals surface area contributed by atoms with E-state index in [1.807, 2.05) is 11.0 Å². The van der Waals surface area contributed by atoms with Crippen LogP contribution in [0.5, 0.6) is 17.2 Å². The molecule has 1 aliphatic rings. The molecule has 9 nitrogen and oxygen atoms in total. The third-order valence-electron chi connectivity index (χ3n) is 5.10. The summed E-state index contributed by atoms with van der Waals surface area (Å²) in [6.45, 7) is 1.36. The maximum atomic E-state index is 12.8. The van der Waals surface area contributed by atoms with Crippen molar-refractivity contribution in [3.8, 4) is 17.2 Å². The van der Waals surface area contributed by atoms with E-state index in [1.165, 1.54) is 21.3 Å². The van der Waals surface area contributed by atoms with Crippen LogP contribution >= 0.6 is 0 Å². The zero-order chi connectivity index (χ0) is 21.7. The van der Waals surface area contributed by atoms with Gasteiger partial charge in [0.2, 0.25) is 5.91 Å². The lowest BCUT2D eigenvalue weighted by atomic mass is 9.97. The van der Waals surface area contributed by atoms with Crippen LogP contribution in [0.1, 0.15) is 23.2 Å². The van der Waals surface area contributed by atoms with Crippen LogP contribution in [0.4, 0.5) is 11.5 Å². The summed E-state index contributed by atoms with van der Waals surface area (Å²) >= 11 is 0. The molecule has 1 atom stereocenters. The maximum Gasteiger partial charge on any atom is 0.259 e. The normalized spacial score (nSPS) is 16.0. The molecule has 0 bridgehead atoms. The van der Waals surface area contributed by atoms with Gasteiger partial charge in [-0.1, -0.05) is 0 Å². The fourth-order valence-corrected chi connectivity index (χ4v) is 3.47. The molecule has 0 radical (unpaired) electrons. The first kappa shape index (κ1) is 21.2. The minimum absolute atomic E-state index is 0.169. The number of primary amides is 1. The van der Waals surface area contributed by atoms with Crippen molar-refractivity contribution < 1.29 is 23.8 Å². The number of nitrogens with zero attached hydrogens (tertiary/aromatic N) is 2. The Kier molecular flexibility index (Phi) is 6.61. The van der Waals surface area contributed by atoms with Gasteiger partial charge in [0.1, 0.15) is 11.6 Å². The molecule has 160 valence electrons. The van der Waals surface area contributed by atoms with E-state index in [9.17, 15) is 9.59 Å². The number of hydrogen-bond donors (Lipinski definition) is 2. The van der Waals surface area contributed by atoms with Crippen molar-refractivity contribution in [3.05, 3.63) is 36.0 Å². The van der Waals surface area contributed by atoms with E-state index in [0.717, 1.165) is 25.2 Å². The van der Waals surface area contributed by atoms with Crippen LogP contribution in [0.15, 0.2) is 30.5 Å². The molecule has 2 heterocycles. The summed E-state index contributed by atoms with van der Waals surface area (Å²) in [5.41, 5.74) is 6.28. The average Bonchev–Trinajstić information content (AvgIpc) is 2.78. The number of ether oxygens (including phenoxy) is 3. The third kappa shape index (κ3) is 4.56. The Labute approximate surface area is 175 Å². The second kappa shape index (κ2) is 9.34. The summed E-state index contributed by atoms with van der Waals surface area (Å²) in [5, 5.41) is 2.81. The molecule has 0 aliphatic carbocycles. The molecular formula is C21H26N4O5. The minimum atomic E-state index is -0.367. The van der Waals surface area contributed by atoms with E-state index in [4.69, 9.17) is 19.9 Å². The van der Waals surface area contributed by atoms with Gasteiger partial charge in [0, 0.05) is 25.2 Å². The Morgan fingerprint density at radius 1 is 1.10 bits per heavy atom. The molecule has 1 aromatic carbocycles. The SMILES string of the molecule is COc1cc(OC)c(C(=O)Nc2ccc(N3CCCC(C(N)=O)C3)nc2)cc1OC. The molecule has 3 N–H and O–H groups in total. The van der Waals surface area contributed by atoms with Crippen LogP contribution in [0.2, 0.25) is 0 Å². The van der Waals surface area contributed by atoms with Crippen molar-refractivity contribution in [3.63, 3.8) is 0 Å². The molecule has 0 saturated carbocycles. The lowest BCUT2D eigenvalue weighted by Crippen LogP contribution is -2.41. The van der Waals surface area contributed by atoms with E-state index < -0.39 is 0 Å². The highest BCUT2D eigenvalue weighted by Gasteiger charge is 2.25. The van der Waals surface area contributed by atoms with Crippen molar-refractivity contribution in [2.75, 3.05) is 44.6 Å². The van der Waals surface area contributed by atoms with Gasteiger partial charge in [-0.15, -0.1) is 0 Å². The number of nitrogens with two attached hydrogens (primary N) is 1. The third-order valence-corrected chi connectivity index (χ3v) is 5.10. The molecule has 30 heavy (non-hydrogen) atoms. The number of amides is 2. The van der Waals surface area contributed by atoms with Gasteiger partial charge in [-0.25, -0.2) is 4.98 Å². The van der Waals surface area contributed by atoms with Crippen LogP contribution < -0.4 is 30.2 Å². The summed E-state index contributed by atoms with van der Waals surface area (Å²) in [4.78, 5) is 30.7. The molecular weight excluding hydrogens is 388 g/mol. The fourth-order valence-electron chi connectivity index (χ4n) is 3.47. The molecule has 9 heteroatoms. The molecule has 0 spiro atoms. The van der Waals surface area contributed by atoms with E-state index in [1.54, 1.807) is 24.4 Å². The topological polar surface area (TPSA) is 116 Å². The molecule has 3 rings (SSSR count). The van der Waals surface area contributed by atoms with Gasteiger partial charge in [0.15, 0.2) is 11.5 Å². The van der Waals surface area contributed by atoms with Gasteiger partial charge >= 0.3 is 0 Å². The Morgan fingerprint density at radius 3 is 2.40 bits per heavy atom. The number of rotatable bonds is 7. The largest absolute Gasteiger partial charge is 0.496 e. The van der Waals surface area contributed by atoms with Gasteiger partial charge in [-0.3, -0.25) is 9.59 Å². The lowest BCUT2D eigenvalue weighted by Gasteiger charge is -2.32. The van der Waals surface area contributed by atoms with Gasteiger partial charge < -0.3 is 30.2 Å². The molecule has 1 aromatic heterocycles. The Bertz CT molecular complexity index is 916. The Hall–Kier alpha value is -3.49. The summed E-state index contributed by atoms with van der Waals surface area (Å²) in [6.07, 6.45) is 3.26. The van der Waals surface area contributed by atoms with E-state index >= 15 is 0 Å². The van der Waals surface area contributed by atoms with E-state index in [0.29, 0.717) is 35.0 Å². The van der Waals surface area contributed by atoms with Crippen LogP contribution in [0.25, 0.3) is 0 Å². The quantitative estimate of drug-likeness (QED) is 0.712. The maximum absolute atomic E-state index is 12.8. The highest BCUT2D eigenvalue weighted by atomic mass is 16.5. The van der Waals surface area contributed by atoms with Gasteiger partial charge in [0.25, 0.3) is 5.91 Å². The summed E-state index contributed by atoms with van der Waals surface area (Å²) in [5.74, 6) is 1.17. The van der Waals surface area contributed by atoms with Crippen LogP contribution in [-0.2, 0) is 4.79 Å². The molecule has 2 amide bonds. The molecule has 1 saturated heterocycles. The number of piperidine rings is 1. The predicted octanol–water partition coefficient (Wildman–Crippen LogP) is 2.06. The smallest absolute Gasteiger partial charge is 0.259 e. The number of nitrogens with one attached hydrogen (secondary N) is 1. The number of methoxy groups -OCH3 is 3. The van der Waals surface area contributed by atoms with Crippen LogP contribution in [0.3, 0.4) is 0 Å². The van der Waals surface area contributed by atoms with E-state index in [-0.39, 0.29) is 17.7 Å². The summed E-state index contributed by atoms with van der Waals surface area (Å²) < 4.78 is 15.8. The second-order valence-corrected chi connectivity index (χ2v) is 6.95. The van der Waals surface area contributed by atoms with Crippen molar-refractivity contribution in [2.24, 2.45) is 11.7 Å². The van der Waals surface area contributed by atoms with Gasteiger partial charge in [-0.2, -0.15) is 0 Å². The Balaban J connectivity index is 1.74. The summed E-state index contributed by atoms with van der Waals surface area (Å²) in [6, 6.07) is 6.74. The highest BCUT2D eigenvalue weighted by molar-refractivity contribution is 6.06.